The van der Waals surface area contributed by atoms with Gasteiger partial charge in [-0.25, -0.2) is 9.59 Å². The summed E-state index contributed by atoms with van der Waals surface area (Å²) in [7, 11) is 0. The Hall–Kier alpha value is -3.00. The van der Waals surface area contributed by atoms with Crippen LogP contribution < -0.4 is 5.32 Å². The molecule has 1 aliphatic heterocycles. The summed E-state index contributed by atoms with van der Waals surface area (Å²) in [4.78, 5) is 22.3. The van der Waals surface area contributed by atoms with E-state index in [4.69, 9.17) is 10.2 Å². The van der Waals surface area contributed by atoms with E-state index in [1.807, 2.05) is 6.07 Å². The Morgan fingerprint density at radius 3 is 2.05 bits per heavy atom. The van der Waals surface area contributed by atoms with Gasteiger partial charge in [0.2, 0.25) is 0 Å². The lowest BCUT2D eigenvalue weighted by Crippen LogP contribution is -2.25. The number of rotatable bonds is 2. The fourth-order valence-electron chi connectivity index (χ4n) is 1.76. The van der Waals surface area contributed by atoms with Gasteiger partial charge in [-0.15, -0.1) is 0 Å². The van der Waals surface area contributed by atoms with Crippen LogP contribution in [0.1, 0.15) is 5.56 Å². The van der Waals surface area contributed by atoms with Crippen molar-refractivity contribution in [3.63, 3.8) is 0 Å². The maximum Gasteiger partial charge on any atom is 0.334 e. The molecule has 0 unspecified atom stereocenters. The van der Waals surface area contributed by atoms with Crippen molar-refractivity contribution in [2.45, 2.75) is 0 Å². The third-order valence-electron chi connectivity index (χ3n) is 2.73. The molecule has 20 heavy (non-hydrogen) atoms. The summed E-state index contributed by atoms with van der Waals surface area (Å²) >= 11 is 0. The average Bonchev–Trinajstić information content (AvgIpc) is 2.45. The first-order chi connectivity index (χ1) is 9.59. The van der Waals surface area contributed by atoms with Gasteiger partial charge in [-0.2, -0.15) is 0 Å². The third kappa shape index (κ3) is 2.87. The Morgan fingerprint density at radius 1 is 1.00 bits per heavy atom. The summed E-state index contributed by atoms with van der Waals surface area (Å²) in [5.74, 6) is 2.15. The first-order valence-corrected chi connectivity index (χ1v) is 5.79. The fourth-order valence-corrected chi connectivity index (χ4v) is 1.76. The third-order valence-corrected chi connectivity index (χ3v) is 2.73. The Kier molecular flexibility index (Phi) is 3.87. The summed E-state index contributed by atoms with van der Waals surface area (Å²) in [6.07, 6.45) is 2.50. The molecule has 0 aliphatic carbocycles. The van der Waals surface area contributed by atoms with Crippen LogP contribution in [0, 0.1) is 17.8 Å². The predicted octanol–water partition coefficient (Wildman–Crippen LogP) is 1.19. The van der Waals surface area contributed by atoms with Crippen molar-refractivity contribution in [1.29, 1.82) is 0 Å². The molecule has 0 bridgehead atoms. The molecule has 100 valence electrons. The van der Waals surface area contributed by atoms with Gasteiger partial charge in [0.15, 0.2) is 0 Å². The zero-order valence-corrected chi connectivity index (χ0v) is 10.3. The molecule has 0 atom stereocenters. The summed E-state index contributed by atoms with van der Waals surface area (Å²) in [5, 5.41) is 20.7. The molecule has 0 saturated carbocycles. The number of benzene rings is 1. The van der Waals surface area contributed by atoms with E-state index in [9.17, 15) is 9.59 Å². The second-order valence-corrected chi connectivity index (χ2v) is 4.04. The van der Waals surface area contributed by atoms with Crippen LogP contribution in [-0.2, 0) is 9.59 Å². The van der Waals surface area contributed by atoms with Crippen LogP contribution in [0.2, 0.25) is 0 Å². The molecular formula is C15H11NO4. The zero-order chi connectivity index (χ0) is 14.5. The van der Waals surface area contributed by atoms with Crippen LogP contribution in [0.4, 0.5) is 0 Å². The highest BCUT2D eigenvalue weighted by Gasteiger charge is 2.29. The van der Waals surface area contributed by atoms with Gasteiger partial charge in [0.1, 0.15) is 0 Å². The van der Waals surface area contributed by atoms with Gasteiger partial charge in [0.25, 0.3) is 0 Å². The average molecular weight is 269 g/mol. The standard InChI is InChI=1S/C15H11NO4/c17-14(18)12-8-16-9-13(15(19)20)11(12)7-6-10-4-2-1-3-5-10/h1-5,8-9,11,16H,(H,17,18)(H,19,20). The van der Waals surface area contributed by atoms with Crippen molar-refractivity contribution in [1.82, 2.24) is 5.32 Å². The summed E-state index contributed by atoms with van der Waals surface area (Å²) in [5.41, 5.74) is 0.516. The van der Waals surface area contributed by atoms with E-state index < -0.39 is 17.9 Å². The van der Waals surface area contributed by atoms with E-state index in [-0.39, 0.29) is 11.1 Å². The second-order valence-electron chi connectivity index (χ2n) is 4.04. The summed E-state index contributed by atoms with van der Waals surface area (Å²) in [6, 6.07) is 8.97. The molecule has 0 fully saturated rings. The van der Waals surface area contributed by atoms with Crippen LogP contribution in [0.25, 0.3) is 0 Å². The van der Waals surface area contributed by atoms with Crippen LogP contribution >= 0.6 is 0 Å². The Balaban J connectivity index is 2.38. The van der Waals surface area contributed by atoms with Gasteiger partial charge in [0.05, 0.1) is 17.1 Å². The molecule has 2 rings (SSSR count). The minimum atomic E-state index is -1.20. The SMILES string of the molecule is O=C(O)C1=CNC=C(C(=O)O)C1C#Cc1ccccc1. The molecule has 0 spiro atoms. The number of dihydropyridines is 1. The van der Waals surface area contributed by atoms with Crippen LogP contribution in [0.15, 0.2) is 53.9 Å². The maximum atomic E-state index is 11.1. The van der Waals surface area contributed by atoms with Crippen LogP contribution in [-0.4, -0.2) is 22.2 Å². The highest BCUT2D eigenvalue weighted by atomic mass is 16.4. The molecule has 0 aromatic heterocycles. The second kappa shape index (κ2) is 5.76. The molecule has 1 aromatic carbocycles. The number of hydrogen-bond acceptors (Lipinski definition) is 3. The van der Waals surface area contributed by atoms with Gasteiger partial charge < -0.3 is 15.5 Å². The monoisotopic (exact) mass is 269 g/mol. The topological polar surface area (TPSA) is 86.6 Å². The molecule has 1 aliphatic rings. The first kappa shape index (κ1) is 13.4. The summed E-state index contributed by atoms with van der Waals surface area (Å²) in [6.45, 7) is 0. The van der Waals surface area contributed by atoms with Crippen molar-refractivity contribution in [3.05, 3.63) is 59.4 Å². The lowest BCUT2D eigenvalue weighted by Gasteiger charge is -2.17. The van der Waals surface area contributed by atoms with Crippen molar-refractivity contribution < 1.29 is 19.8 Å². The van der Waals surface area contributed by atoms with Crippen molar-refractivity contribution in [2.75, 3.05) is 0 Å². The predicted molar refractivity (Wildman–Crippen MR) is 71.4 cm³/mol. The van der Waals surface area contributed by atoms with Crippen molar-refractivity contribution in [2.24, 2.45) is 5.92 Å². The number of aliphatic carboxylic acids is 2. The zero-order valence-electron chi connectivity index (χ0n) is 10.3. The molecule has 0 amide bonds. The van der Waals surface area contributed by atoms with Crippen molar-refractivity contribution >= 4 is 11.9 Å². The number of carboxylic acids is 2. The van der Waals surface area contributed by atoms with Crippen molar-refractivity contribution in [3.8, 4) is 11.8 Å². The lowest BCUT2D eigenvalue weighted by molar-refractivity contribution is -0.133. The van der Waals surface area contributed by atoms with Crippen LogP contribution in [0.5, 0.6) is 0 Å². The largest absolute Gasteiger partial charge is 0.478 e. The molecule has 3 N–H and O–H groups in total. The normalized spacial score (nSPS) is 14.2. The molecule has 0 saturated heterocycles. The van der Waals surface area contributed by atoms with E-state index in [0.717, 1.165) is 0 Å². The number of nitrogens with one attached hydrogen (secondary N) is 1. The molecule has 1 heterocycles. The minimum Gasteiger partial charge on any atom is -0.478 e. The van der Waals surface area contributed by atoms with Gasteiger partial charge in [0, 0.05) is 18.0 Å². The molecule has 0 radical (unpaired) electrons. The number of carboxylic acid groups (broad SMARTS) is 2. The Bertz CT molecular complexity index is 632. The number of carbonyl (C=O) groups is 2. The summed E-state index contributed by atoms with van der Waals surface area (Å²) < 4.78 is 0. The van der Waals surface area contributed by atoms with E-state index >= 15 is 0 Å². The molecule has 1 aromatic rings. The smallest absolute Gasteiger partial charge is 0.334 e. The fraction of sp³-hybridized carbons (Fsp3) is 0.0667. The highest BCUT2D eigenvalue weighted by molar-refractivity contribution is 5.96. The molecule has 5 heteroatoms. The maximum absolute atomic E-state index is 11.1. The first-order valence-electron chi connectivity index (χ1n) is 5.79. The van der Waals surface area contributed by atoms with E-state index in [1.165, 1.54) is 12.4 Å². The lowest BCUT2D eigenvalue weighted by atomic mass is 9.90. The van der Waals surface area contributed by atoms with Crippen LogP contribution in [0.3, 0.4) is 0 Å². The molecular weight excluding hydrogens is 258 g/mol. The van der Waals surface area contributed by atoms with Gasteiger partial charge in [-0.1, -0.05) is 30.0 Å². The molecule has 5 nitrogen and oxygen atoms in total. The highest BCUT2D eigenvalue weighted by Crippen LogP contribution is 2.23. The number of hydrogen-bond donors (Lipinski definition) is 3. The van der Waals surface area contributed by atoms with E-state index in [2.05, 4.69) is 17.2 Å². The van der Waals surface area contributed by atoms with Gasteiger partial charge in [-0.05, 0) is 12.1 Å². The Morgan fingerprint density at radius 2 is 1.55 bits per heavy atom. The van der Waals surface area contributed by atoms with E-state index in [1.54, 1.807) is 24.3 Å². The van der Waals surface area contributed by atoms with Gasteiger partial charge in [-0.3, -0.25) is 0 Å². The Labute approximate surface area is 115 Å². The quantitative estimate of drug-likeness (QED) is 0.702. The van der Waals surface area contributed by atoms with Gasteiger partial charge >= 0.3 is 11.9 Å². The van der Waals surface area contributed by atoms with E-state index in [0.29, 0.717) is 5.56 Å². The minimum absolute atomic E-state index is 0.0895.